The zero-order valence-corrected chi connectivity index (χ0v) is 9.14. The minimum Gasteiger partial charge on any atom is -0.453 e. The van der Waals surface area contributed by atoms with Crippen LogP contribution in [0.15, 0.2) is 0 Å². The van der Waals surface area contributed by atoms with Gasteiger partial charge in [0.05, 0.1) is 7.11 Å². The number of carbonyl (C=O) groups excluding carboxylic acids is 3. The Bertz CT molecular complexity index is 274. The molecule has 7 nitrogen and oxygen atoms in total. The number of hydrogen-bond acceptors (Lipinski definition) is 4. The number of alkyl carbamates (subject to hydrolysis) is 1. The number of ether oxygens (including phenoxy) is 1. The maximum absolute atomic E-state index is 11.6. The fourth-order valence-electron chi connectivity index (χ4n) is 1.41. The Kier molecular flexibility index (Phi) is 4.56. The molecule has 0 saturated carbocycles. The lowest BCUT2D eigenvalue weighted by Gasteiger charge is -2.32. The molecule has 0 spiro atoms. The van der Waals surface area contributed by atoms with Gasteiger partial charge in [0.1, 0.15) is 6.54 Å². The first kappa shape index (κ1) is 12.3. The van der Waals surface area contributed by atoms with E-state index in [1.165, 1.54) is 7.11 Å². The van der Waals surface area contributed by atoms with E-state index in [0.717, 1.165) is 6.41 Å². The normalized spacial score (nSPS) is 15.6. The zero-order chi connectivity index (χ0) is 12.0. The molecule has 7 heteroatoms. The van der Waals surface area contributed by atoms with Crippen LogP contribution in [0.1, 0.15) is 0 Å². The maximum Gasteiger partial charge on any atom is 0.407 e. The highest BCUT2D eigenvalue weighted by atomic mass is 16.5. The third-order valence-corrected chi connectivity index (χ3v) is 2.39. The molecular weight excluding hydrogens is 214 g/mol. The van der Waals surface area contributed by atoms with Crippen LogP contribution in [0, 0.1) is 0 Å². The Labute approximate surface area is 93.3 Å². The summed E-state index contributed by atoms with van der Waals surface area (Å²) in [5.41, 5.74) is 0. The molecule has 1 N–H and O–H groups in total. The van der Waals surface area contributed by atoms with Crippen molar-refractivity contribution in [3.8, 4) is 0 Å². The van der Waals surface area contributed by atoms with Gasteiger partial charge in [0.2, 0.25) is 12.3 Å². The van der Waals surface area contributed by atoms with Crippen molar-refractivity contribution in [2.24, 2.45) is 0 Å². The molecule has 0 aromatic rings. The number of hydrogen-bond donors (Lipinski definition) is 1. The van der Waals surface area contributed by atoms with E-state index in [1.54, 1.807) is 9.80 Å². The van der Waals surface area contributed by atoms with Gasteiger partial charge in [-0.15, -0.1) is 0 Å². The predicted molar refractivity (Wildman–Crippen MR) is 54.6 cm³/mol. The first-order valence-corrected chi connectivity index (χ1v) is 4.96. The van der Waals surface area contributed by atoms with Gasteiger partial charge >= 0.3 is 6.09 Å². The average Bonchev–Trinajstić information content (AvgIpc) is 2.35. The van der Waals surface area contributed by atoms with Crippen LogP contribution in [0.25, 0.3) is 0 Å². The Morgan fingerprint density at radius 2 is 1.94 bits per heavy atom. The van der Waals surface area contributed by atoms with Crippen molar-refractivity contribution < 1.29 is 19.1 Å². The first-order valence-electron chi connectivity index (χ1n) is 4.96. The van der Waals surface area contributed by atoms with Crippen LogP contribution >= 0.6 is 0 Å². The van der Waals surface area contributed by atoms with E-state index in [-0.39, 0.29) is 12.5 Å². The third kappa shape index (κ3) is 3.41. The molecule has 0 bridgehead atoms. The lowest BCUT2D eigenvalue weighted by Crippen LogP contribution is -2.50. The lowest BCUT2D eigenvalue weighted by atomic mass is 10.3. The average molecular weight is 229 g/mol. The Morgan fingerprint density at radius 1 is 1.31 bits per heavy atom. The molecule has 1 aliphatic heterocycles. The van der Waals surface area contributed by atoms with Gasteiger partial charge in [-0.2, -0.15) is 0 Å². The van der Waals surface area contributed by atoms with Crippen LogP contribution in [0.5, 0.6) is 0 Å². The number of nitrogens with zero attached hydrogens (tertiary/aromatic N) is 2. The fourth-order valence-corrected chi connectivity index (χ4v) is 1.41. The Hall–Kier alpha value is -1.79. The molecule has 0 unspecified atom stereocenters. The van der Waals surface area contributed by atoms with E-state index < -0.39 is 6.09 Å². The zero-order valence-electron chi connectivity index (χ0n) is 9.14. The second kappa shape index (κ2) is 5.94. The molecule has 1 aliphatic rings. The van der Waals surface area contributed by atoms with Gasteiger partial charge in [-0.1, -0.05) is 0 Å². The third-order valence-electron chi connectivity index (χ3n) is 2.39. The molecule has 3 amide bonds. The van der Waals surface area contributed by atoms with Crippen LogP contribution in [-0.2, 0) is 14.3 Å². The second-order valence-corrected chi connectivity index (χ2v) is 3.37. The number of nitrogens with one attached hydrogen (secondary N) is 1. The van der Waals surface area contributed by atoms with Gasteiger partial charge in [0, 0.05) is 26.2 Å². The molecule has 1 rings (SSSR count). The van der Waals surface area contributed by atoms with Crippen LogP contribution in [0.4, 0.5) is 4.79 Å². The van der Waals surface area contributed by atoms with Crippen molar-refractivity contribution in [3.63, 3.8) is 0 Å². The Morgan fingerprint density at radius 3 is 2.44 bits per heavy atom. The van der Waals surface area contributed by atoms with Crippen molar-refractivity contribution in [1.29, 1.82) is 0 Å². The van der Waals surface area contributed by atoms with Gasteiger partial charge in [-0.25, -0.2) is 4.79 Å². The van der Waals surface area contributed by atoms with E-state index in [2.05, 4.69) is 10.1 Å². The molecule has 16 heavy (non-hydrogen) atoms. The molecule has 0 radical (unpaired) electrons. The quantitative estimate of drug-likeness (QED) is 0.606. The number of amides is 3. The summed E-state index contributed by atoms with van der Waals surface area (Å²) in [5, 5.41) is 2.32. The summed E-state index contributed by atoms with van der Waals surface area (Å²) in [6.45, 7) is 2.00. The number of methoxy groups -OCH3 is 1. The summed E-state index contributed by atoms with van der Waals surface area (Å²) in [7, 11) is 1.24. The standard InChI is InChI=1S/C9H15N3O4/c1-16-9(15)10-6-8(14)12-4-2-11(7-13)3-5-12/h7H,2-6H2,1H3,(H,10,15). The van der Waals surface area contributed by atoms with Gasteiger partial charge in [-0.05, 0) is 0 Å². The topological polar surface area (TPSA) is 79.0 Å². The summed E-state index contributed by atoms with van der Waals surface area (Å²) in [6, 6.07) is 0. The second-order valence-electron chi connectivity index (χ2n) is 3.37. The summed E-state index contributed by atoms with van der Waals surface area (Å²) in [4.78, 5) is 36.0. The monoisotopic (exact) mass is 229 g/mol. The predicted octanol–water partition coefficient (Wildman–Crippen LogP) is -1.36. The fraction of sp³-hybridized carbons (Fsp3) is 0.667. The molecule has 0 aromatic heterocycles. The van der Waals surface area contributed by atoms with E-state index >= 15 is 0 Å². The molecule has 1 heterocycles. The van der Waals surface area contributed by atoms with Gasteiger partial charge < -0.3 is 19.9 Å². The van der Waals surface area contributed by atoms with Crippen LogP contribution in [-0.4, -0.2) is 68.0 Å². The molecule has 0 aromatic carbocycles. The van der Waals surface area contributed by atoms with E-state index in [4.69, 9.17) is 0 Å². The van der Waals surface area contributed by atoms with Crippen LogP contribution < -0.4 is 5.32 Å². The van der Waals surface area contributed by atoms with Crippen molar-refractivity contribution in [3.05, 3.63) is 0 Å². The summed E-state index contributed by atoms with van der Waals surface area (Å²) < 4.78 is 4.35. The minimum absolute atomic E-state index is 0.0756. The molecule has 0 atom stereocenters. The minimum atomic E-state index is -0.625. The molecule has 0 aliphatic carbocycles. The Balaban J connectivity index is 2.28. The maximum atomic E-state index is 11.6. The molecule has 90 valence electrons. The van der Waals surface area contributed by atoms with Gasteiger partial charge in [0.25, 0.3) is 0 Å². The summed E-state index contributed by atoms with van der Waals surface area (Å²) >= 11 is 0. The SMILES string of the molecule is COC(=O)NCC(=O)N1CCN(C=O)CC1. The van der Waals surface area contributed by atoms with E-state index in [9.17, 15) is 14.4 Å². The number of piperazine rings is 1. The summed E-state index contributed by atoms with van der Waals surface area (Å²) in [5.74, 6) is -0.170. The highest BCUT2D eigenvalue weighted by Crippen LogP contribution is 1.99. The van der Waals surface area contributed by atoms with Gasteiger partial charge in [-0.3, -0.25) is 9.59 Å². The highest BCUT2D eigenvalue weighted by molar-refractivity contribution is 5.82. The van der Waals surface area contributed by atoms with Crippen LogP contribution in [0.3, 0.4) is 0 Å². The van der Waals surface area contributed by atoms with Crippen molar-refractivity contribution in [2.45, 2.75) is 0 Å². The number of rotatable bonds is 3. The first-order chi connectivity index (χ1) is 7.67. The van der Waals surface area contributed by atoms with Gasteiger partial charge in [0.15, 0.2) is 0 Å². The summed E-state index contributed by atoms with van der Waals surface area (Å²) in [6.07, 6.45) is 0.147. The van der Waals surface area contributed by atoms with Crippen molar-refractivity contribution >= 4 is 18.4 Å². The van der Waals surface area contributed by atoms with Crippen molar-refractivity contribution in [2.75, 3.05) is 39.8 Å². The van der Waals surface area contributed by atoms with Crippen LogP contribution in [0.2, 0.25) is 0 Å². The smallest absolute Gasteiger partial charge is 0.407 e. The van der Waals surface area contributed by atoms with E-state index in [0.29, 0.717) is 26.2 Å². The molecule has 1 fully saturated rings. The molecular formula is C9H15N3O4. The highest BCUT2D eigenvalue weighted by Gasteiger charge is 2.20. The lowest BCUT2D eigenvalue weighted by molar-refractivity contribution is -0.134. The largest absolute Gasteiger partial charge is 0.453 e. The molecule has 1 saturated heterocycles. The number of carbonyl (C=O) groups is 3. The van der Waals surface area contributed by atoms with E-state index in [1.807, 2.05) is 0 Å². The van der Waals surface area contributed by atoms with Crippen molar-refractivity contribution in [1.82, 2.24) is 15.1 Å².